The number of rotatable bonds is 3. The molecule has 20 heavy (non-hydrogen) atoms. The van der Waals surface area contributed by atoms with E-state index >= 15 is 0 Å². The topological polar surface area (TPSA) is 33.1 Å². The van der Waals surface area contributed by atoms with Crippen molar-refractivity contribution in [1.29, 1.82) is 0 Å². The standard InChI is InChI=1S/C17H18BrNO/c18-15-9-2-1-5-13(15)11-16(20)14-8-3-6-12-7-4-10-19-17(12)14/h1-2,4-5,7,9-10,14,16,20H,3,6,8,11H2. The van der Waals surface area contributed by atoms with Crippen LogP contribution in [0.5, 0.6) is 0 Å². The van der Waals surface area contributed by atoms with Gasteiger partial charge in [0.15, 0.2) is 0 Å². The zero-order chi connectivity index (χ0) is 13.9. The highest BCUT2D eigenvalue weighted by atomic mass is 79.9. The Kier molecular flexibility index (Phi) is 4.18. The van der Waals surface area contributed by atoms with Crippen LogP contribution < -0.4 is 0 Å². The highest BCUT2D eigenvalue weighted by Crippen LogP contribution is 2.34. The first-order chi connectivity index (χ1) is 9.75. The van der Waals surface area contributed by atoms with Gasteiger partial charge in [0.05, 0.1) is 6.10 Å². The zero-order valence-corrected chi connectivity index (χ0v) is 12.9. The Hall–Kier alpha value is -1.19. The van der Waals surface area contributed by atoms with E-state index in [2.05, 4.69) is 33.0 Å². The van der Waals surface area contributed by atoms with Crippen molar-refractivity contribution in [3.05, 3.63) is 63.9 Å². The molecule has 3 heteroatoms. The summed E-state index contributed by atoms with van der Waals surface area (Å²) < 4.78 is 1.07. The summed E-state index contributed by atoms with van der Waals surface area (Å²) in [6, 6.07) is 12.2. The van der Waals surface area contributed by atoms with E-state index in [1.807, 2.05) is 30.5 Å². The lowest BCUT2D eigenvalue weighted by atomic mass is 9.81. The van der Waals surface area contributed by atoms with Crippen molar-refractivity contribution in [3.63, 3.8) is 0 Å². The molecule has 0 amide bonds. The van der Waals surface area contributed by atoms with Crippen molar-refractivity contribution in [3.8, 4) is 0 Å². The number of pyridine rings is 1. The second-order valence-corrected chi connectivity index (χ2v) is 6.26. The molecule has 2 unspecified atom stereocenters. The molecule has 0 radical (unpaired) electrons. The maximum absolute atomic E-state index is 10.6. The fraction of sp³-hybridized carbons (Fsp3) is 0.353. The molecule has 1 aromatic carbocycles. The average molecular weight is 332 g/mol. The molecule has 2 aromatic rings. The summed E-state index contributed by atoms with van der Waals surface area (Å²) in [7, 11) is 0. The minimum Gasteiger partial charge on any atom is -0.392 e. The maximum Gasteiger partial charge on any atom is 0.0664 e. The van der Waals surface area contributed by atoms with Crippen LogP contribution in [0.4, 0.5) is 0 Å². The van der Waals surface area contributed by atoms with Gasteiger partial charge >= 0.3 is 0 Å². The summed E-state index contributed by atoms with van der Waals surface area (Å²) in [6.45, 7) is 0. The van der Waals surface area contributed by atoms with Gasteiger partial charge in [0.2, 0.25) is 0 Å². The lowest BCUT2D eigenvalue weighted by Gasteiger charge is -2.28. The molecular weight excluding hydrogens is 314 g/mol. The van der Waals surface area contributed by atoms with Crippen LogP contribution in [0.1, 0.15) is 35.6 Å². The fourth-order valence-electron chi connectivity index (χ4n) is 3.05. The van der Waals surface area contributed by atoms with Gasteiger partial charge in [-0.1, -0.05) is 40.2 Å². The number of hydrogen-bond donors (Lipinski definition) is 1. The first-order valence-electron chi connectivity index (χ1n) is 7.11. The zero-order valence-electron chi connectivity index (χ0n) is 11.3. The summed E-state index contributed by atoms with van der Waals surface area (Å²) in [4.78, 5) is 4.51. The van der Waals surface area contributed by atoms with E-state index in [1.54, 1.807) is 0 Å². The normalized spacial score (nSPS) is 19.4. The Bertz CT molecular complexity index is 599. The van der Waals surface area contributed by atoms with E-state index in [1.165, 1.54) is 5.56 Å². The maximum atomic E-state index is 10.6. The van der Waals surface area contributed by atoms with Gasteiger partial charge in [-0.2, -0.15) is 0 Å². The van der Waals surface area contributed by atoms with Crippen molar-refractivity contribution in [2.75, 3.05) is 0 Å². The fourth-order valence-corrected chi connectivity index (χ4v) is 3.50. The van der Waals surface area contributed by atoms with Crippen LogP contribution >= 0.6 is 15.9 Å². The van der Waals surface area contributed by atoms with Crippen molar-refractivity contribution >= 4 is 15.9 Å². The number of hydrogen-bond acceptors (Lipinski definition) is 2. The van der Waals surface area contributed by atoms with Gasteiger partial charge in [-0.3, -0.25) is 4.98 Å². The molecule has 2 nitrogen and oxygen atoms in total. The molecule has 2 atom stereocenters. The Labute approximate surface area is 128 Å². The Balaban J connectivity index is 1.82. The van der Waals surface area contributed by atoms with E-state index in [-0.39, 0.29) is 12.0 Å². The van der Waals surface area contributed by atoms with Crippen LogP contribution in [0, 0.1) is 0 Å². The second kappa shape index (κ2) is 6.06. The van der Waals surface area contributed by atoms with Gasteiger partial charge in [0.1, 0.15) is 0 Å². The molecule has 1 aromatic heterocycles. The van der Waals surface area contributed by atoms with E-state index < -0.39 is 0 Å². The van der Waals surface area contributed by atoms with E-state index in [0.29, 0.717) is 6.42 Å². The summed E-state index contributed by atoms with van der Waals surface area (Å²) >= 11 is 3.55. The predicted molar refractivity (Wildman–Crippen MR) is 83.8 cm³/mol. The van der Waals surface area contributed by atoms with Gasteiger partial charge in [-0.25, -0.2) is 0 Å². The minimum atomic E-state index is -0.373. The molecule has 1 aliphatic rings. The highest BCUT2D eigenvalue weighted by Gasteiger charge is 2.28. The number of benzene rings is 1. The first-order valence-corrected chi connectivity index (χ1v) is 7.90. The third-order valence-electron chi connectivity index (χ3n) is 4.09. The third kappa shape index (κ3) is 2.79. The number of nitrogens with zero attached hydrogens (tertiary/aromatic N) is 1. The van der Waals surface area contributed by atoms with Gasteiger partial charge in [-0.05, 0) is 42.5 Å². The van der Waals surface area contributed by atoms with Gasteiger partial charge < -0.3 is 5.11 Å². The highest BCUT2D eigenvalue weighted by molar-refractivity contribution is 9.10. The van der Waals surface area contributed by atoms with Crippen LogP contribution in [-0.4, -0.2) is 16.2 Å². The van der Waals surface area contributed by atoms with E-state index in [9.17, 15) is 5.11 Å². The average Bonchev–Trinajstić information content (AvgIpc) is 2.49. The molecule has 104 valence electrons. The van der Waals surface area contributed by atoms with Crippen LogP contribution in [-0.2, 0) is 12.8 Å². The lowest BCUT2D eigenvalue weighted by Crippen LogP contribution is -2.26. The van der Waals surface area contributed by atoms with E-state index in [4.69, 9.17) is 0 Å². The van der Waals surface area contributed by atoms with Gasteiger partial charge in [-0.15, -0.1) is 0 Å². The molecule has 0 fully saturated rings. The smallest absolute Gasteiger partial charge is 0.0664 e. The molecule has 0 aliphatic heterocycles. The Morgan fingerprint density at radius 2 is 2.10 bits per heavy atom. The minimum absolute atomic E-state index is 0.159. The molecule has 1 heterocycles. The van der Waals surface area contributed by atoms with Crippen molar-refractivity contribution in [2.24, 2.45) is 0 Å². The molecule has 0 saturated carbocycles. The summed E-state index contributed by atoms with van der Waals surface area (Å²) in [5.41, 5.74) is 3.55. The number of aryl methyl sites for hydroxylation is 1. The number of aliphatic hydroxyl groups excluding tert-OH is 1. The number of fused-ring (bicyclic) bond motifs is 1. The van der Waals surface area contributed by atoms with Crippen molar-refractivity contribution < 1.29 is 5.11 Å². The third-order valence-corrected chi connectivity index (χ3v) is 4.86. The van der Waals surface area contributed by atoms with Crippen LogP contribution in [0.25, 0.3) is 0 Å². The predicted octanol–water partition coefficient (Wildman–Crippen LogP) is 3.87. The van der Waals surface area contributed by atoms with E-state index in [0.717, 1.165) is 35.0 Å². The van der Waals surface area contributed by atoms with Gasteiger partial charge in [0, 0.05) is 28.7 Å². The monoisotopic (exact) mass is 331 g/mol. The number of halogens is 1. The Morgan fingerprint density at radius 1 is 1.25 bits per heavy atom. The van der Waals surface area contributed by atoms with Crippen LogP contribution in [0.15, 0.2) is 47.1 Å². The summed E-state index contributed by atoms with van der Waals surface area (Å²) in [5.74, 6) is 0.159. The SMILES string of the molecule is OC(Cc1ccccc1Br)C1CCCc2cccnc21. The molecule has 1 N–H and O–H groups in total. The van der Waals surface area contributed by atoms with Gasteiger partial charge in [0.25, 0.3) is 0 Å². The second-order valence-electron chi connectivity index (χ2n) is 5.41. The van der Waals surface area contributed by atoms with Crippen LogP contribution in [0.2, 0.25) is 0 Å². The molecule has 0 bridgehead atoms. The molecule has 0 spiro atoms. The molecular formula is C17H18BrNO. The quantitative estimate of drug-likeness (QED) is 0.926. The van der Waals surface area contributed by atoms with Crippen molar-refractivity contribution in [1.82, 2.24) is 4.98 Å². The first kappa shape index (κ1) is 13.8. The molecule has 0 saturated heterocycles. The molecule has 1 aliphatic carbocycles. The molecule has 3 rings (SSSR count). The lowest BCUT2D eigenvalue weighted by molar-refractivity contribution is 0.132. The Morgan fingerprint density at radius 3 is 2.95 bits per heavy atom. The number of aromatic nitrogens is 1. The largest absolute Gasteiger partial charge is 0.392 e. The van der Waals surface area contributed by atoms with Crippen molar-refractivity contribution in [2.45, 2.75) is 37.7 Å². The summed E-state index contributed by atoms with van der Waals surface area (Å²) in [5, 5.41) is 10.6. The summed E-state index contributed by atoms with van der Waals surface area (Å²) in [6.07, 6.45) is 5.38. The number of aliphatic hydroxyl groups is 1. The van der Waals surface area contributed by atoms with Crippen LogP contribution in [0.3, 0.4) is 0 Å².